The van der Waals surface area contributed by atoms with E-state index >= 15 is 0 Å². The van der Waals surface area contributed by atoms with Crippen molar-refractivity contribution in [2.45, 2.75) is 31.5 Å². The number of benzene rings is 4. The van der Waals surface area contributed by atoms with Gasteiger partial charge in [-0.3, -0.25) is 34.3 Å². The molecule has 5 aromatic rings. The predicted molar refractivity (Wildman–Crippen MR) is 221 cm³/mol. The van der Waals surface area contributed by atoms with E-state index in [2.05, 4.69) is 15.2 Å². The summed E-state index contributed by atoms with van der Waals surface area (Å²) in [6.45, 7) is 1.61. The number of carbonyl (C=O) groups is 3. The second kappa shape index (κ2) is 19.1. The molecule has 14 nitrogen and oxygen atoms in total. The lowest BCUT2D eigenvalue weighted by Gasteiger charge is -2.35. The van der Waals surface area contributed by atoms with Gasteiger partial charge >= 0.3 is 6.18 Å². The van der Waals surface area contributed by atoms with E-state index in [4.69, 9.17) is 9.47 Å². The van der Waals surface area contributed by atoms with Crippen molar-refractivity contribution in [1.29, 1.82) is 0 Å². The van der Waals surface area contributed by atoms with Crippen LogP contribution in [-0.4, -0.2) is 105 Å². The zero-order valence-corrected chi connectivity index (χ0v) is 33.7. The number of hydrogen-bond acceptors (Lipinski definition) is 11. The van der Waals surface area contributed by atoms with Crippen LogP contribution in [0.2, 0.25) is 0 Å². The summed E-state index contributed by atoms with van der Waals surface area (Å²) in [5.74, 6) is -0.832. The third-order valence-corrected chi connectivity index (χ3v) is 11.4. The Kier molecular flexibility index (Phi) is 13.4. The van der Waals surface area contributed by atoms with E-state index in [1.165, 1.54) is 28.8 Å². The van der Waals surface area contributed by atoms with Crippen molar-refractivity contribution in [3.05, 3.63) is 145 Å². The minimum Gasteiger partial charge on any atom is -0.491 e. The molecule has 0 spiro atoms. The topological polar surface area (TPSA) is 177 Å². The molecule has 1 saturated heterocycles. The molecule has 1 fully saturated rings. The smallest absolute Gasteiger partial charge is 0.423 e. The van der Waals surface area contributed by atoms with Gasteiger partial charge in [-0.05, 0) is 59.7 Å². The van der Waals surface area contributed by atoms with Crippen LogP contribution >= 0.6 is 11.8 Å². The summed E-state index contributed by atoms with van der Waals surface area (Å²) < 4.78 is 66.4. The lowest BCUT2D eigenvalue weighted by atomic mass is 10.0. The highest BCUT2D eigenvalue weighted by molar-refractivity contribution is 8.14. The van der Waals surface area contributed by atoms with Crippen LogP contribution < -0.4 is 10.3 Å². The number of halogens is 4. The van der Waals surface area contributed by atoms with Gasteiger partial charge in [-0.2, -0.15) is 18.3 Å². The zero-order valence-electron chi connectivity index (χ0n) is 32.9. The van der Waals surface area contributed by atoms with Crippen molar-refractivity contribution in [2.75, 3.05) is 51.8 Å². The van der Waals surface area contributed by atoms with Crippen molar-refractivity contribution in [2.24, 2.45) is 4.99 Å². The molecule has 1 N–H and O–H groups in total. The minimum atomic E-state index is -4.95. The van der Waals surface area contributed by atoms with Gasteiger partial charge in [0.2, 0.25) is 5.91 Å². The van der Waals surface area contributed by atoms with Crippen LogP contribution in [0.4, 0.5) is 23.2 Å². The molecule has 1 aromatic heterocycles. The number of thioether (sulfide) groups is 1. The molecular weight excluding hydrogens is 837 g/mol. The van der Waals surface area contributed by atoms with Crippen LogP contribution in [0.25, 0.3) is 10.8 Å². The Morgan fingerprint density at radius 3 is 2.32 bits per heavy atom. The molecule has 62 heavy (non-hydrogen) atoms. The summed E-state index contributed by atoms with van der Waals surface area (Å²) in [4.78, 5) is 68.9. The average Bonchev–Trinajstić information content (AvgIpc) is 3.77. The van der Waals surface area contributed by atoms with Crippen molar-refractivity contribution < 1.29 is 46.3 Å². The fourth-order valence-corrected chi connectivity index (χ4v) is 8.18. The fraction of sp³-hybridized carbons (Fsp3) is 0.302. The number of amides is 2. The van der Waals surface area contributed by atoms with Gasteiger partial charge in [-0.15, -0.1) is 11.8 Å². The van der Waals surface area contributed by atoms with Crippen molar-refractivity contribution in [3.63, 3.8) is 0 Å². The molecule has 1 atom stereocenters. The zero-order chi connectivity index (χ0) is 44.0. The Balaban J connectivity index is 0.808. The summed E-state index contributed by atoms with van der Waals surface area (Å²) in [6, 6.07) is 20.1. The highest BCUT2D eigenvalue weighted by atomic mass is 32.2. The maximum absolute atomic E-state index is 14.9. The number of nitro groups is 1. The number of nitrogens with zero attached hydrogens (tertiary/aromatic N) is 5. The maximum Gasteiger partial charge on any atom is 0.423 e. The van der Waals surface area contributed by atoms with Gasteiger partial charge in [0.15, 0.2) is 5.78 Å². The number of aromatic amines is 1. The van der Waals surface area contributed by atoms with E-state index < -0.39 is 45.9 Å². The molecule has 3 heterocycles. The highest BCUT2D eigenvalue weighted by Crippen LogP contribution is 2.37. The number of ether oxygens (including phenoxy) is 2. The summed E-state index contributed by atoms with van der Waals surface area (Å²) in [6.07, 6.45) is -4.91. The predicted octanol–water partition coefficient (Wildman–Crippen LogP) is 6.02. The largest absolute Gasteiger partial charge is 0.491 e. The first-order chi connectivity index (χ1) is 29.7. The monoisotopic (exact) mass is 874 g/mol. The van der Waals surface area contributed by atoms with E-state index in [0.717, 1.165) is 17.7 Å². The average molecular weight is 875 g/mol. The molecule has 0 bridgehead atoms. The summed E-state index contributed by atoms with van der Waals surface area (Å²) in [5, 5.41) is 19.5. The SMILES string of the molecule is O=C(Cc1ccc([N+](=O)[O-])c(C(F)(F)F)c1)C1CSC(c2ccc(OCCOCCC(=O)N3CCN(C(=O)c4cc(Cc5n[nH]c(=O)c6ccccc56)ccc4F)CC3)cc2)=N1. The first-order valence-corrected chi connectivity index (χ1v) is 20.4. The quantitative estimate of drug-likeness (QED) is 0.0566. The number of rotatable bonds is 15. The summed E-state index contributed by atoms with van der Waals surface area (Å²) in [7, 11) is 0. The Bertz CT molecular complexity index is 2600. The first-order valence-electron chi connectivity index (χ1n) is 19.5. The number of nitrogens with one attached hydrogen (secondary N) is 1. The van der Waals surface area contributed by atoms with Crippen molar-refractivity contribution in [3.8, 4) is 5.75 Å². The van der Waals surface area contributed by atoms with E-state index in [9.17, 15) is 46.9 Å². The van der Waals surface area contributed by atoms with Gasteiger partial charge in [-0.1, -0.05) is 30.3 Å². The van der Waals surface area contributed by atoms with E-state index in [-0.39, 0.29) is 87.9 Å². The third-order valence-electron chi connectivity index (χ3n) is 10.3. The van der Waals surface area contributed by atoms with Gasteiger partial charge in [0.05, 0.1) is 46.2 Å². The lowest BCUT2D eigenvalue weighted by Crippen LogP contribution is -2.50. The molecule has 2 amide bonds. The molecule has 0 aliphatic carbocycles. The molecule has 0 radical (unpaired) electrons. The molecule has 19 heteroatoms. The number of nitro benzene ring substituents is 1. The number of fused-ring (bicyclic) bond motifs is 1. The van der Waals surface area contributed by atoms with Crippen LogP contribution in [0.3, 0.4) is 0 Å². The van der Waals surface area contributed by atoms with Crippen molar-refractivity contribution >= 4 is 50.9 Å². The molecule has 2 aliphatic rings. The third kappa shape index (κ3) is 10.3. The van der Waals surface area contributed by atoms with Gasteiger partial charge in [0.25, 0.3) is 17.2 Å². The molecule has 1 unspecified atom stereocenters. The fourth-order valence-electron chi connectivity index (χ4n) is 7.10. The molecular formula is C43H38F4N6O8S. The minimum absolute atomic E-state index is 0.00984. The van der Waals surface area contributed by atoms with Crippen LogP contribution in [0.1, 0.15) is 44.7 Å². The number of carbonyl (C=O) groups excluding carboxylic acids is 3. The molecule has 2 aliphatic heterocycles. The number of aliphatic imine (C=N–C) groups is 1. The Morgan fingerprint density at radius 1 is 0.887 bits per heavy atom. The molecule has 7 rings (SSSR count). The molecule has 4 aromatic carbocycles. The first kappa shape index (κ1) is 43.6. The number of Topliss-reactive ketones (excluding diaryl/α,β-unsaturated/α-hetero) is 1. The Labute approximate surface area is 355 Å². The number of piperazine rings is 1. The number of H-pyrrole nitrogens is 1. The normalized spacial score (nSPS) is 15.4. The van der Waals surface area contributed by atoms with Crippen LogP contribution in [0.5, 0.6) is 5.75 Å². The van der Waals surface area contributed by atoms with E-state index in [1.54, 1.807) is 59.5 Å². The Hall–Kier alpha value is -6.47. The van der Waals surface area contributed by atoms with Crippen molar-refractivity contribution in [1.82, 2.24) is 20.0 Å². The van der Waals surface area contributed by atoms with Gasteiger partial charge in [0.1, 0.15) is 29.8 Å². The summed E-state index contributed by atoms with van der Waals surface area (Å²) >= 11 is 1.33. The number of aromatic nitrogens is 2. The second-order valence-corrected chi connectivity index (χ2v) is 15.5. The number of hydrogen-bond donors (Lipinski definition) is 1. The van der Waals surface area contributed by atoms with Gasteiger partial charge in [-0.25, -0.2) is 9.49 Å². The maximum atomic E-state index is 14.9. The second-order valence-electron chi connectivity index (χ2n) is 14.5. The van der Waals surface area contributed by atoms with Crippen LogP contribution in [0.15, 0.2) is 94.7 Å². The summed E-state index contributed by atoms with van der Waals surface area (Å²) in [5.41, 5.74) is -0.905. The van der Waals surface area contributed by atoms with Gasteiger partial charge in [0, 0.05) is 61.8 Å². The standard InChI is InChI=1S/C43H38F4N6O8S/c44-34-11-5-26(23-35-30-3-1-2-4-31(30)40(56)50-49-35)21-32(34)42(57)52-16-14-51(15-17-52)39(55)13-18-60-19-20-61-29-9-7-28(8-10-29)41-48-36(25-62-41)38(54)24-27-6-12-37(53(58)59)33(22-27)43(45,46)47/h1-12,21-22,36H,13-20,23-25H2,(H,50,56). The molecule has 322 valence electrons. The van der Waals surface area contributed by atoms with Gasteiger partial charge < -0.3 is 19.3 Å². The highest BCUT2D eigenvalue weighted by Gasteiger charge is 2.39. The van der Waals surface area contributed by atoms with Crippen LogP contribution in [0, 0.1) is 15.9 Å². The number of ketones is 1. The number of alkyl halides is 3. The molecule has 0 saturated carbocycles. The lowest BCUT2D eigenvalue weighted by molar-refractivity contribution is -0.388. The van der Waals surface area contributed by atoms with E-state index in [0.29, 0.717) is 44.6 Å². The Morgan fingerprint density at radius 2 is 1.60 bits per heavy atom. The van der Waals surface area contributed by atoms with E-state index in [1.807, 2.05) is 0 Å². The van der Waals surface area contributed by atoms with Crippen LogP contribution in [-0.2, 0) is 33.3 Å².